The predicted molar refractivity (Wildman–Crippen MR) is 70.9 cm³/mol. The van der Waals surface area contributed by atoms with Crippen LogP contribution in [0.2, 0.25) is 0 Å². The van der Waals surface area contributed by atoms with Crippen LogP contribution < -0.4 is 4.31 Å². The number of para-hydroxylation sites is 1. The van der Waals surface area contributed by atoms with Gasteiger partial charge in [0.1, 0.15) is 4.90 Å². The molecule has 2 rings (SSSR count). The topological polar surface area (TPSA) is 50.3 Å². The summed E-state index contributed by atoms with van der Waals surface area (Å²) < 4.78 is 26.3. The van der Waals surface area contributed by atoms with Gasteiger partial charge in [-0.3, -0.25) is 9.29 Å². The van der Waals surface area contributed by atoms with E-state index in [1.807, 2.05) is 18.2 Å². The Hall–Kier alpha value is -1.88. The lowest BCUT2D eigenvalue weighted by atomic mass is 10.3. The molecule has 1 aromatic heterocycles. The van der Waals surface area contributed by atoms with Crippen LogP contribution in [0.1, 0.15) is 6.92 Å². The van der Waals surface area contributed by atoms with Gasteiger partial charge < -0.3 is 0 Å². The SMILES string of the molecule is CCN(c1ccccc1)S(=O)(=O)c1cccnc1. The van der Waals surface area contributed by atoms with Crippen molar-refractivity contribution in [1.82, 2.24) is 4.98 Å². The largest absolute Gasteiger partial charge is 0.267 e. The molecule has 2 aromatic rings. The molecule has 0 aliphatic carbocycles. The van der Waals surface area contributed by atoms with Gasteiger partial charge in [0.05, 0.1) is 5.69 Å². The van der Waals surface area contributed by atoms with Crippen LogP contribution in [0.5, 0.6) is 0 Å². The Bertz CT molecular complexity index is 597. The van der Waals surface area contributed by atoms with Crippen molar-refractivity contribution < 1.29 is 8.42 Å². The van der Waals surface area contributed by atoms with Crippen LogP contribution in [0.25, 0.3) is 0 Å². The number of nitrogens with zero attached hydrogens (tertiary/aromatic N) is 2. The minimum atomic E-state index is -3.53. The van der Waals surface area contributed by atoms with Gasteiger partial charge in [-0.05, 0) is 31.2 Å². The van der Waals surface area contributed by atoms with Crippen LogP contribution in [0.3, 0.4) is 0 Å². The molecule has 0 bridgehead atoms. The standard InChI is InChI=1S/C13H14N2O2S/c1-2-15(12-7-4-3-5-8-12)18(16,17)13-9-6-10-14-11-13/h3-11H,2H2,1H3. The summed E-state index contributed by atoms with van der Waals surface area (Å²) in [7, 11) is -3.53. The van der Waals surface area contributed by atoms with E-state index >= 15 is 0 Å². The van der Waals surface area contributed by atoms with Crippen LogP contribution in [0.4, 0.5) is 5.69 Å². The summed E-state index contributed by atoms with van der Waals surface area (Å²) in [6.07, 6.45) is 2.92. The summed E-state index contributed by atoms with van der Waals surface area (Å²) in [5.41, 5.74) is 0.656. The molecule has 18 heavy (non-hydrogen) atoms. The number of rotatable bonds is 4. The number of pyridine rings is 1. The van der Waals surface area contributed by atoms with Gasteiger partial charge in [-0.2, -0.15) is 0 Å². The molecule has 0 saturated carbocycles. The quantitative estimate of drug-likeness (QED) is 0.849. The van der Waals surface area contributed by atoms with Crippen molar-refractivity contribution in [1.29, 1.82) is 0 Å². The maximum atomic E-state index is 12.4. The van der Waals surface area contributed by atoms with Crippen LogP contribution in [0.15, 0.2) is 59.8 Å². The van der Waals surface area contributed by atoms with E-state index in [2.05, 4.69) is 4.98 Å². The van der Waals surface area contributed by atoms with Gasteiger partial charge in [0.25, 0.3) is 10.0 Å². The summed E-state index contributed by atoms with van der Waals surface area (Å²) in [6, 6.07) is 12.2. The summed E-state index contributed by atoms with van der Waals surface area (Å²) in [5, 5.41) is 0. The van der Waals surface area contributed by atoms with Gasteiger partial charge in [-0.1, -0.05) is 18.2 Å². The molecule has 0 radical (unpaired) electrons. The molecule has 0 fully saturated rings. The van der Waals surface area contributed by atoms with Crippen LogP contribution in [0, 0.1) is 0 Å². The van der Waals surface area contributed by atoms with Gasteiger partial charge in [-0.25, -0.2) is 8.42 Å². The first-order valence-electron chi connectivity index (χ1n) is 5.64. The highest BCUT2D eigenvalue weighted by Gasteiger charge is 2.23. The van der Waals surface area contributed by atoms with E-state index in [9.17, 15) is 8.42 Å². The van der Waals surface area contributed by atoms with Crippen molar-refractivity contribution in [3.8, 4) is 0 Å². The molecule has 5 heteroatoms. The van der Waals surface area contributed by atoms with Gasteiger partial charge in [0.15, 0.2) is 0 Å². The Balaban J connectivity index is 2.46. The average Bonchev–Trinajstić information content (AvgIpc) is 2.41. The smallest absolute Gasteiger partial charge is 0.265 e. The molecular weight excluding hydrogens is 248 g/mol. The second kappa shape index (κ2) is 5.18. The minimum Gasteiger partial charge on any atom is -0.267 e. The molecular formula is C13H14N2O2S. The Morgan fingerprint density at radius 3 is 2.39 bits per heavy atom. The lowest BCUT2D eigenvalue weighted by Gasteiger charge is -2.22. The minimum absolute atomic E-state index is 0.204. The van der Waals surface area contributed by atoms with Gasteiger partial charge in [-0.15, -0.1) is 0 Å². The highest BCUT2D eigenvalue weighted by atomic mass is 32.2. The Kier molecular flexibility index (Phi) is 3.62. The van der Waals surface area contributed by atoms with Gasteiger partial charge in [0.2, 0.25) is 0 Å². The zero-order valence-electron chi connectivity index (χ0n) is 10.0. The molecule has 0 spiro atoms. The zero-order chi connectivity index (χ0) is 13.0. The molecule has 4 nitrogen and oxygen atoms in total. The summed E-state index contributed by atoms with van der Waals surface area (Å²) in [5.74, 6) is 0. The lowest BCUT2D eigenvalue weighted by Crippen LogP contribution is -2.30. The molecule has 0 unspecified atom stereocenters. The predicted octanol–water partition coefficient (Wildman–Crippen LogP) is 2.30. The third kappa shape index (κ3) is 2.36. The van der Waals surface area contributed by atoms with Crippen LogP contribution in [-0.4, -0.2) is 19.9 Å². The normalized spacial score (nSPS) is 11.2. The average molecular weight is 262 g/mol. The lowest BCUT2D eigenvalue weighted by molar-refractivity contribution is 0.591. The number of anilines is 1. The van der Waals surface area contributed by atoms with E-state index in [1.165, 1.54) is 10.5 Å². The number of aromatic nitrogens is 1. The van der Waals surface area contributed by atoms with Gasteiger partial charge in [0, 0.05) is 18.9 Å². The molecule has 1 heterocycles. The van der Waals surface area contributed by atoms with Crippen molar-refractivity contribution in [2.24, 2.45) is 0 Å². The number of hydrogen-bond acceptors (Lipinski definition) is 3. The molecule has 0 atom stereocenters. The second-order valence-corrected chi connectivity index (χ2v) is 5.56. The first-order valence-corrected chi connectivity index (χ1v) is 7.08. The molecule has 0 aliphatic heterocycles. The van der Waals surface area contributed by atoms with Crippen molar-refractivity contribution in [2.75, 3.05) is 10.8 Å². The number of benzene rings is 1. The summed E-state index contributed by atoms with van der Waals surface area (Å²) in [4.78, 5) is 4.06. The monoisotopic (exact) mass is 262 g/mol. The highest BCUT2D eigenvalue weighted by molar-refractivity contribution is 7.92. The molecule has 94 valence electrons. The third-order valence-corrected chi connectivity index (χ3v) is 4.44. The first-order chi connectivity index (χ1) is 8.66. The molecule has 0 saturated heterocycles. The Labute approximate surface area is 107 Å². The van der Waals surface area contributed by atoms with Crippen molar-refractivity contribution in [3.05, 3.63) is 54.9 Å². The number of sulfonamides is 1. The molecule has 0 aliphatic rings. The first kappa shape index (κ1) is 12.6. The fourth-order valence-electron chi connectivity index (χ4n) is 1.71. The Morgan fingerprint density at radius 1 is 1.11 bits per heavy atom. The van der Waals surface area contributed by atoms with E-state index in [0.29, 0.717) is 12.2 Å². The van der Waals surface area contributed by atoms with Crippen LogP contribution in [-0.2, 0) is 10.0 Å². The van der Waals surface area contributed by atoms with E-state index < -0.39 is 10.0 Å². The van der Waals surface area contributed by atoms with E-state index in [0.717, 1.165) is 0 Å². The maximum absolute atomic E-state index is 12.4. The summed E-state index contributed by atoms with van der Waals surface area (Å²) >= 11 is 0. The van der Waals surface area contributed by atoms with Gasteiger partial charge >= 0.3 is 0 Å². The summed E-state index contributed by atoms with van der Waals surface area (Å²) in [6.45, 7) is 2.18. The molecule has 0 amide bonds. The second-order valence-electron chi connectivity index (χ2n) is 3.69. The van der Waals surface area contributed by atoms with Crippen molar-refractivity contribution in [2.45, 2.75) is 11.8 Å². The fraction of sp³-hybridized carbons (Fsp3) is 0.154. The van der Waals surface area contributed by atoms with E-state index in [-0.39, 0.29) is 4.90 Å². The van der Waals surface area contributed by atoms with Crippen molar-refractivity contribution >= 4 is 15.7 Å². The zero-order valence-corrected chi connectivity index (χ0v) is 10.8. The van der Waals surface area contributed by atoms with Crippen LogP contribution >= 0.6 is 0 Å². The Morgan fingerprint density at radius 2 is 1.83 bits per heavy atom. The molecule has 0 N–H and O–H groups in total. The maximum Gasteiger partial charge on any atom is 0.265 e. The van der Waals surface area contributed by atoms with E-state index in [4.69, 9.17) is 0 Å². The fourth-order valence-corrected chi connectivity index (χ4v) is 3.15. The molecule has 1 aromatic carbocycles. The third-order valence-electron chi connectivity index (χ3n) is 2.55. The van der Waals surface area contributed by atoms with Crippen molar-refractivity contribution in [3.63, 3.8) is 0 Å². The van der Waals surface area contributed by atoms with E-state index in [1.54, 1.807) is 37.4 Å². The number of hydrogen-bond donors (Lipinski definition) is 0. The highest BCUT2D eigenvalue weighted by Crippen LogP contribution is 2.22.